The van der Waals surface area contributed by atoms with Crippen LogP contribution in [0, 0.1) is 20.8 Å². The Labute approximate surface area is 182 Å². The van der Waals surface area contributed by atoms with Crippen LogP contribution in [0.2, 0.25) is 5.02 Å². The topological polar surface area (TPSA) is 61.2 Å². The molecule has 0 N–H and O–H groups in total. The minimum absolute atomic E-state index is 0.0830. The summed E-state index contributed by atoms with van der Waals surface area (Å²) >= 11 is 6.46. The lowest BCUT2D eigenvalue weighted by atomic mass is 10.1. The van der Waals surface area contributed by atoms with E-state index in [9.17, 15) is 13.2 Å². The number of alkyl halides is 3. The van der Waals surface area contributed by atoms with Crippen molar-refractivity contribution in [3.05, 3.63) is 51.9 Å². The lowest BCUT2D eigenvalue weighted by Gasteiger charge is -2.05. The Kier molecular flexibility index (Phi) is 6.18. The van der Waals surface area contributed by atoms with Crippen molar-refractivity contribution in [2.45, 2.75) is 54.1 Å². The minimum atomic E-state index is -4.64. The summed E-state index contributed by atoms with van der Waals surface area (Å²) in [6.07, 6.45) is -4.10. The fraction of sp³-hybridized carbons (Fsp3) is 0.381. The quantitative estimate of drug-likeness (QED) is 0.362. The number of benzene rings is 1. The summed E-state index contributed by atoms with van der Waals surface area (Å²) in [6.45, 7) is 11.0. The molecule has 0 saturated carbocycles. The molecule has 1 aromatic carbocycles. The highest BCUT2D eigenvalue weighted by atomic mass is 35.5. The number of hydrogen-bond donors (Lipinski definition) is 0. The molecule has 0 saturated heterocycles. The molecule has 4 rings (SSSR count). The highest BCUT2D eigenvalue weighted by Crippen LogP contribution is 2.36. The third kappa shape index (κ3) is 3.94. The fourth-order valence-corrected chi connectivity index (χ4v) is 3.63. The van der Waals surface area contributed by atoms with Crippen molar-refractivity contribution >= 4 is 17.3 Å². The van der Waals surface area contributed by atoms with Gasteiger partial charge in [-0.05, 0) is 32.4 Å². The van der Waals surface area contributed by atoms with Gasteiger partial charge in [0.15, 0.2) is 5.69 Å². The van der Waals surface area contributed by atoms with Crippen LogP contribution in [0.25, 0.3) is 22.7 Å². The molecule has 3 heterocycles. The van der Waals surface area contributed by atoms with Crippen molar-refractivity contribution in [2.24, 2.45) is 0 Å². The summed E-state index contributed by atoms with van der Waals surface area (Å²) in [5.74, 6) is -0.508. The van der Waals surface area contributed by atoms with E-state index in [0.717, 1.165) is 15.8 Å². The second-order valence-electron chi connectivity index (χ2n) is 6.75. The SMILES string of the molecule is CC.CCc1oc2c(-n3nc(C(F)(F)F)nc3C)c(C)nn2c1-c1ccc(C)cc1Cl. The van der Waals surface area contributed by atoms with Gasteiger partial charge in [-0.25, -0.2) is 9.67 Å². The predicted octanol–water partition coefficient (Wildman–Crippen LogP) is 6.36. The first-order valence-electron chi connectivity index (χ1n) is 9.90. The predicted molar refractivity (Wildman–Crippen MR) is 113 cm³/mol. The maximum atomic E-state index is 13.1. The van der Waals surface area contributed by atoms with Gasteiger partial charge in [-0.1, -0.05) is 44.5 Å². The lowest BCUT2D eigenvalue weighted by Crippen LogP contribution is -2.08. The summed E-state index contributed by atoms with van der Waals surface area (Å²) in [4.78, 5) is 3.54. The largest absolute Gasteiger partial charge is 0.453 e. The monoisotopic (exact) mass is 453 g/mol. The average molecular weight is 454 g/mol. The molecule has 0 atom stereocenters. The van der Waals surface area contributed by atoms with Gasteiger partial charge in [-0.3, -0.25) is 0 Å². The van der Waals surface area contributed by atoms with Gasteiger partial charge in [0.05, 0.1) is 10.7 Å². The number of oxazole rings is 1. The smallest absolute Gasteiger partial charge is 0.439 e. The molecule has 0 unspecified atom stereocenters. The fourth-order valence-electron chi connectivity index (χ4n) is 3.31. The van der Waals surface area contributed by atoms with Crippen LogP contribution < -0.4 is 0 Å². The highest BCUT2D eigenvalue weighted by Gasteiger charge is 2.37. The van der Waals surface area contributed by atoms with Crippen LogP contribution in [0.1, 0.15) is 49.4 Å². The molecule has 0 amide bonds. The zero-order valence-electron chi connectivity index (χ0n) is 18.1. The Hall–Kier alpha value is -2.81. The van der Waals surface area contributed by atoms with Crippen molar-refractivity contribution in [3.8, 4) is 16.9 Å². The number of hydrogen-bond acceptors (Lipinski definition) is 4. The molecule has 0 bridgehead atoms. The van der Waals surface area contributed by atoms with Crippen molar-refractivity contribution in [1.29, 1.82) is 0 Å². The number of aryl methyl sites for hydroxylation is 4. The summed E-state index contributed by atoms with van der Waals surface area (Å²) < 4.78 is 47.9. The molecular formula is C21H23ClF3N5O. The van der Waals surface area contributed by atoms with Crippen molar-refractivity contribution < 1.29 is 17.6 Å². The molecule has 0 aliphatic heterocycles. The normalized spacial score (nSPS) is 11.7. The summed E-state index contributed by atoms with van der Waals surface area (Å²) in [5.41, 5.74) is 3.45. The van der Waals surface area contributed by atoms with E-state index < -0.39 is 12.0 Å². The second-order valence-corrected chi connectivity index (χ2v) is 7.16. The molecule has 166 valence electrons. The van der Waals surface area contributed by atoms with Crippen LogP contribution in [-0.4, -0.2) is 24.4 Å². The van der Waals surface area contributed by atoms with Crippen LogP contribution in [0.4, 0.5) is 13.2 Å². The molecule has 31 heavy (non-hydrogen) atoms. The minimum Gasteiger partial charge on any atom is -0.439 e. The Morgan fingerprint density at radius 3 is 2.32 bits per heavy atom. The Morgan fingerprint density at radius 2 is 1.77 bits per heavy atom. The van der Waals surface area contributed by atoms with Gasteiger partial charge in [-0.2, -0.15) is 22.8 Å². The molecule has 0 spiro atoms. The van der Waals surface area contributed by atoms with E-state index >= 15 is 0 Å². The first-order chi connectivity index (χ1) is 14.6. The van der Waals surface area contributed by atoms with Crippen LogP contribution in [0.3, 0.4) is 0 Å². The molecule has 3 aromatic heterocycles. The zero-order valence-corrected chi connectivity index (χ0v) is 18.9. The van der Waals surface area contributed by atoms with Gasteiger partial charge in [0.25, 0.3) is 5.82 Å². The Balaban J connectivity index is 0.00000132. The van der Waals surface area contributed by atoms with Gasteiger partial charge in [0.2, 0.25) is 5.71 Å². The molecule has 0 radical (unpaired) electrons. The number of rotatable bonds is 3. The van der Waals surface area contributed by atoms with Crippen LogP contribution in [0.5, 0.6) is 0 Å². The first-order valence-corrected chi connectivity index (χ1v) is 10.3. The maximum Gasteiger partial charge on any atom is 0.453 e. The van der Waals surface area contributed by atoms with Crippen LogP contribution in [-0.2, 0) is 12.6 Å². The lowest BCUT2D eigenvalue weighted by molar-refractivity contribution is -0.144. The molecule has 0 aliphatic carbocycles. The van der Waals surface area contributed by atoms with Gasteiger partial charge >= 0.3 is 6.18 Å². The Bertz CT molecular complexity index is 1240. The number of halogens is 4. The molecule has 6 nitrogen and oxygen atoms in total. The van der Waals surface area contributed by atoms with Crippen molar-refractivity contribution in [1.82, 2.24) is 24.4 Å². The van der Waals surface area contributed by atoms with Gasteiger partial charge in [-0.15, -0.1) is 5.10 Å². The number of aromatic nitrogens is 5. The molecular weight excluding hydrogens is 431 g/mol. The molecule has 0 aliphatic rings. The third-order valence-electron chi connectivity index (χ3n) is 4.62. The second kappa shape index (κ2) is 8.37. The standard InChI is InChI=1S/C19H17ClF3N5O.C2H6/c1-5-14-16(12-7-6-9(2)8-13(12)20)28-17(29-14)15(10(3)25-28)27-11(4)24-18(26-27)19(21,22)23;1-2/h6-8H,5H2,1-4H3;1-2H3. The molecule has 10 heteroatoms. The molecule has 4 aromatic rings. The zero-order chi connectivity index (χ0) is 23.1. The third-order valence-corrected chi connectivity index (χ3v) is 4.93. The number of fused-ring (bicyclic) bond motifs is 1. The van der Waals surface area contributed by atoms with E-state index in [1.54, 1.807) is 11.4 Å². The summed E-state index contributed by atoms with van der Waals surface area (Å²) in [7, 11) is 0. The van der Waals surface area contributed by atoms with E-state index in [-0.39, 0.29) is 11.5 Å². The van der Waals surface area contributed by atoms with Crippen molar-refractivity contribution in [2.75, 3.05) is 0 Å². The van der Waals surface area contributed by atoms with Crippen LogP contribution >= 0.6 is 11.6 Å². The van der Waals surface area contributed by atoms with Gasteiger partial charge in [0, 0.05) is 12.0 Å². The van der Waals surface area contributed by atoms with Crippen LogP contribution in [0.15, 0.2) is 22.6 Å². The van der Waals surface area contributed by atoms with Crippen molar-refractivity contribution in [3.63, 3.8) is 0 Å². The van der Waals surface area contributed by atoms with Gasteiger partial charge in [0.1, 0.15) is 17.3 Å². The van der Waals surface area contributed by atoms with Gasteiger partial charge < -0.3 is 4.42 Å². The van der Waals surface area contributed by atoms with E-state index in [0.29, 0.717) is 34.3 Å². The van der Waals surface area contributed by atoms with E-state index in [1.165, 1.54) is 6.92 Å². The van der Waals surface area contributed by atoms with E-state index in [4.69, 9.17) is 16.0 Å². The number of nitrogens with zero attached hydrogens (tertiary/aromatic N) is 5. The van der Waals surface area contributed by atoms with E-state index in [2.05, 4.69) is 15.2 Å². The first kappa shape index (κ1) is 22.9. The summed E-state index contributed by atoms with van der Waals surface area (Å²) in [6, 6.07) is 5.64. The summed E-state index contributed by atoms with van der Waals surface area (Å²) in [5, 5.41) is 8.68. The molecule has 0 fully saturated rings. The van der Waals surface area contributed by atoms with E-state index in [1.807, 2.05) is 45.9 Å². The average Bonchev–Trinajstić information content (AvgIpc) is 3.34. The Morgan fingerprint density at radius 1 is 1.10 bits per heavy atom. The maximum absolute atomic E-state index is 13.1. The highest BCUT2D eigenvalue weighted by molar-refractivity contribution is 6.33.